The third kappa shape index (κ3) is 7.88. The first kappa shape index (κ1) is 31.7. The predicted molar refractivity (Wildman–Crippen MR) is 163 cm³/mol. The lowest BCUT2D eigenvalue weighted by Gasteiger charge is -2.34. The summed E-state index contributed by atoms with van der Waals surface area (Å²) < 4.78 is 34.6. The molecule has 41 heavy (non-hydrogen) atoms. The van der Waals surface area contributed by atoms with Crippen LogP contribution >= 0.6 is 0 Å². The van der Waals surface area contributed by atoms with Crippen LogP contribution in [-0.4, -0.2) is 50.4 Å². The Kier molecular flexibility index (Phi) is 9.86. The van der Waals surface area contributed by atoms with Gasteiger partial charge in [0.2, 0.25) is 11.8 Å². The standard InChI is InChI=1S/C32H41N3O5S/c1-22-15-17-28(18-16-22)41(38,39)35(29-14-9-11-23(2)24(29)3)21-30(36)34(25(4)31(37)33-32(5,6)7)20-26-12-10-13-27(19-26)40-8/h9-19,25H,20-21H2,1-8H3,(H,33,37). The number of nitrogens with one attached hydrogen (secondary N) is 1. The van der Waals surface area contributed by atoms with Crippen molar-refractivity contribution < 1.29 is 22.7 Å². The van der Waals surface area contributed by atoms with Gasteiger partial charge in [0.25, 0.3) is 10.0 Å². The maximum absolute atomic E-state index is 14.1. The number of carbonyl (C=O) groups excluding carboxylic acids is 2. The molecule has 9 heteroatoms. The lowest BCUT2D eigenvalue weighted by atomic mass is 10.1. The summed E-state index contributed by atoms with van der Waals surface area (Å²) in [6.45, 7) is 12.4. The van der Waals surface area contributed by atoms with Gasteiger partial charge in [-0.25, -0.2) is 8.42 Å². The van der Waals surface area contributed by atoms with Crippen LogP contribution in [0.15, 0.2) is 71.6 Å². The van der Waals surface area contributed by atoms with Gasteiger partial charge < -0.3 is 15.0 Å². The lowest BCUT2D eigenvalue weighted by molar-refractivity contribution is -0.140. The van der Waals surface area contributed by atoms with E-state index < -0.39 is 34.1 Å². The monoisotopic (exact) mass is 579 g/mol. The first-order valence-corrected chi connectivity index (χ1v) is 15.0. The predicted octanol–water partition coefficient (Wildman–Crippen LogP) is 5.15. The molecule has 0 spiro atoms. The number of sulfonamides is 1. The average molecular weight is 580 g/mol. The van der Waals surface area contributed by atoms with E-state index in [4.69, 9.17) is 4.74 Å². The van der Waals surface area contributed by atoms with Gasteiger partial charge in [-0.2, -0.15) is 0 Å². The van der Waals surface area contributed by atoms with E-state index in [1.54, 1.807) is 68.6 Å². The van der Waals surface area contributed by atoms with Crippen LogP contribution in [0.1, 0.15) is 49.9 Å². The minimum Gasteiger partial charge on any atom is -0.497 e. The summed E-state index contributed by atoms with van der Waals surface area (Å²) in [6.07, 6.45) is 0. The highest BCUT2D eigenvalue weighted by molar-refractivity contribution is 7.92. The molecule has 0 fully saturated rings. The Balaban J connectivity index is 2.09. The fourth-order valence-electron chi connectivity index (χ4n) is 4.38. The van der Waals surface area contributed by atoms with Crippen molar-refractivity contribution >= 4 is 27.5 Å². The summed E-state index contributed by atoms with van der Waals surface area (Å²) in [5.41, 5.74) is 3.19. The van der Waals surface area contributed by atoms with Crippen molar-refractivity contribution in [2.75, 3.05) is 18.0 Å². The Morgan fingerprint density at radius 2 is 1.59 bits per heavy atom. The highest BCUT2D eigenvalue weighted by atomic mass is 32.2. The topological polar surface area (TPSA) is 96.0 Å². The van der Waals surface area contributed by atoms with Crippen LogP contribution in [0.2, 0.25) is 0 Å². The quantitative estimate of drug-likeness (QED) is 0.359. The molecule has 0 aromatic heterocycles. The number of amides is 2. The van der Waals surface area contributed by atoms with Crippen molar-refractivity contribution in [2.45, 2.75) is 71.5 Å². The highest BCUT2D eigenvalue weighted by Gasteiger charge is 2.34. The zero-order valence-corrected chi connectivity index (χ0v) is 26.0. The fraction of sp³-hybridized carbons (Fsp3) is 0.375. The van der Waals surface area contributed by atoms with Crippen LogP contribution in [-0.2, 0) is 26.2 Å². The normalized spacial score (nSPS) is 12.4. The Labute approximate surface area is 244 Å². The number of rotatable bonds is 10. The summed E-state index contributed by atoms with van der Waals surface area (Å²) in [5.74, 6) is -0.241. The van der Waals surface area contributed by atoms with E-state index in [-0.39, 0.29) is 17.3 Å². The molecule has 1 unspecified atom stereocenters. The first-order chi connectivity index (χ1) is 19.1. The molecule has 0 saturated heterocycles. The Hall–Kier alpha value is -3.85. The largest absolute Gasteiger partial charge is 0.497 e. The molecule has 3 rings (SSSR count). The molecule has 0 bridgehead atoms. The van der Waals surface area contributed by atoms with Crippen molar-refractivity contribution in [3.8, 4) is 5.75 Å². The maximum atomic E-state index is 14.1. The number of ether oxygens (including phenoxy) is 1. The molecule has 3 aromatic rings. The number of nitrogens with zero attached hydrogens (tertiary/aromatic N) is 2. The number of carbonyl (C=O) groups is 2. The summed E-state index contributed by atoms with van der Waals surface area (Å²) in [7, 11) is -2.58. The van der Waals surface area contributed by atoms with Crippen molar-refractivity contribution in [3.63, 3.8) is 0 Å². The highest BCUT2D eigenvalue weighted by Crippen LogP contribution is 2.29. The summed E-state index contributed by atoms with van der Waals surface area (Å²) in [5, 5.41) is 2.94. The van der Waals surface area contributed by atoms with Crippen LogP contribution in [0.3, 0.4) is 0 Å². The Morgan fingerprint density at radius 1 is 0.951 bits per heavy atom. The third-order valence-electron chi connectivity index (χ3n) is 6.89. The van der Waals surface area contributed by atoms with Gasteiger partial charge in [-0.1, -0.05) is 42.0 Å². The number of benzene rings is 3. The van der Waals surface area contributed by atoms with Crippen molar-refractivity contribution in [1.82, 2.24) is 10.2 Å². The second-order valence-corrected chi connectivity index (χ2v) is 13.2. The molecule has 0 aliphatic carbocycles. The van der Waals surface area contributed by atoms with Gasteiger partial charge in [0.1, 0.15) is 18.3 Å². The zero-order valence-electron chi connectivity index (χ0n) is 25.2. The lowest BCUT2D eigenvalue weighted by Crippen LogP contribution is -2.54. The smallest absolute Gasteiger partial charge is 0.264 e. The molecule has 3 aromatic carbocycles. The minimum atomic E-state index is -4.13. The van der Waals surface area contributed by atoms with Crippen molar-refractivity contribution in [1.29, 1.82) is 0 Å². The van der Waals surface area contributed by atoms with E-state index in [0.29, 0.717) is 11.4 Å². The van der Waals surface area contributed by atoms with Crippen LogP contribution in [0.5, 0.6) is 5.75 Å². The van der Waals surface area contributed by atoms with Gasteiger partial charge in [-0.15, -0.1) is 0 Å². The van der Waals surface area contributed by atoms with E-state index in [9.17, 15) is 18.0 Å². The molecule has 0 saturated carbocycles. The Bertz CT molecular complexity index is 1490. The first-order valence-electron chi connectivity index (χ1n) is 13.5. The molecule has 0 aliphatic heterocycles. The van der Waals surface area contributed by atoms with E-state index >= 15 is 0 Å². The average Bonchev–Trinajstić information content (AvgIpc) is 2.91. The number of methoxy groups -OCH3 is 1. The van der Waals surface area contributed by atoms with E-state index in [0.717, 1.165) is 26.6 Å². The maximum Gasteiger partial charge on any atom is 0.264 e. The number of aryl methyl sites for hydroxylation is 2. The summed E-state index contributed by atoms with van der Waals surface area (Å²) in [6, 6.07) is 18.2. The molecule has 1 N–H and O–H groups in total. The molecule has 2 amide bonds. The second-order valence-electron chi connectivity index (χ2n) is 11.3. The Morgan fingerprint density at radius 3 is 2.20 bits per heavy atom. The van der Waals surface area contributed by atoms with Gasteiger partial charge in [-0.3, -0.25) is 13.9 Å². The molecule has 1 atom stereocenters. The molecule has 0 heterocycles. The second kappa shape index (κ2) is 12.8. The fourth-order valence-corrected chi connectivity index (χ4v) is 5.85. The van der Waals surface area contributed by atoms with Gasteiger partial charge in [0, 0.05) is 12.1 Å². The van der Waals surface area contributed by atoms with Crippen LogP contribution in [0.25, 0.3) is 0 Å². The van der Waals surface area contributed by atoms with Gasteiger partial charge in [0.15, 0.2) is 0 Å². The van der Waals surface area contributed by atoms with Crippen LogP contribution in [0, 0.1) is 20.8 Å². The van der Waals surface area contributed by atoms with Gasteiger partial charge in [0.05, 0.1) is 17.7 Å². The molecular weight excluding hydrogens is 538 g/mol. The van der Waals surface area contributed by atoms with E-state index in [2.05, 4.69) is 5.32 Å². The van der Waals surface area contributed by atoms with E-state index in [1.165, 1.54) is 4.90 Å². The van der Waals surface area contributed by atoms with Gasteiger partial charge >= 0.3 is 0 Å². The number of hydrogen-bond acceptors (Lipinski definition) is 5. The number of anilines is 1. The molecule has 8 nitrogen and oxygen atoms in total. The minimum absolute atomic E-state index is 0.0784. The summed E-state index contributed by atoms with van der Waals surface area (Å²) in [4.78, 5) is 28.9. The van der Waals surface area contributed by atoms with Crippen LogP contribution < -0.4 is 14.4 Å². The molecule has 220 valence electrons. The number of hydrogen-bond donors (Lipinski definition) is 1. The van der Waals surface area contributed by atoms with Crippen molar-refractivity contribution in [3.05, 3.63) is 89.0 Å². The molecule has 0 aliphatic rings. The van der Waals surface area contributed by atoms with Gasteiger partial charge in [-0.05, 0) is 95.5 Å². The SMILES string of the molecule is COc1cccc(CN(C(=O)CN(c2cccc(C)c2C)S(=O)(=O)c2ccc(C)cc2)C(C)C(=O)NC(C)(C)C)c1. The van der Waals surface area contributed by atoms with Crippen LogP contribution in [0.4, 0.5) is 5.69 Å². The summed E-state index contributed by atoms with van der Waals surface area (Å²) >= 11 is 0. The molecule has 0 radical (unpaired) electrons. The molecular formula is C32H41N3O5S. The zero-order chi connectivity index (χ0) is 30.5. The van der Waals surface area contributed by atoms with Crippen molar-refractivity contribution in [2.24, 2.45) is 0 Å². The van der Waals surface area contributed by atoms with E-state index in [1.807, 2.05) is 53.7 Å². The third-order valence-corrected chi connectivity index (χ3v) is 8.66.